The summed E-state index contributed by atoms with van der Waals surface area (Å²) in [5.41, 5.74) is 0. The van der Waals surface area contributed by atoms with E-state index in [9.17, 15) is 0 Å². The van der Waals surface area contributed by atoms with Gasteiger partial charge in [-0.3, -0.25) is 4.90 Å². The molecule has 1 aromatic heterocycles. The molecule has 0 atom stereocenters. The molecule has 2 N–H and O–H groups in total. The van der Waals surface area contributed by atoms with Crippen molar-refractivity contribution in [3.05, 3.63) is 12.4 Å². The number of hydrogen-bond acceptors (Lipinski definition) is 7. The van der Waals surface area contributed by atoms with E-state index in [0.29, 0.717) is 18.8 Å². The number of anilines is 1. The molecular formula is C14H25N5O2. The van der Waals surface area contributed by atoms with Crippen molar-refractivity contribution in [2.45, 2.75) is 6.42 Å². The summed E-state index contributed by atoms with van der Waals surface area (Å²) in [4.78, 5) is 13.4. The van der Waals surface area contributed by atoms with Crippen LogP contribution in [0.3, 0.4) is 0 Å². The van der Waals surface area contributed by atoms with Gasteiger partial charge in [-0.2, -0.15) is 0 Å². The van der Waals surface area contributed by atoms with Crippen LogP contribution in [0, 0.1) is 0 Å². The fourth-order valence-corrected chi connectivity index (χ4v) is 2.24. The Morgan fingerprint density at radius 1 is 1.24 bits per heavy atom. The molecule has 2 rings (SSSR count). The first-order valence-corrected chi connectivity index (χ1v) is 7.51. The molecule has 0 amide bonds. The Morgan fingerprint density at radius 3 is 2.57 bits per heavy atom. The summed E-state index contributed by atoms with van der Waals surface area (Å²) < 4.78 is 5.43. The maximum atomic E-state index is 8.71. The molecule has 0 saturated carbocycles. The van der Waals surface area contributed by atoms with Gasteiger partial charge < -0.3 is 20.1 Å². The minimum atomic E-state index is 0.136. The van der Waals surface area contributed by atoms with Crippen molar-refractivity contribution in [1.29, 1.82) is 0 Å². The fraction of sp³-hybridized carbons (Fsp3) is 0.714. The first-order chi connectivity index (χ1) is 10.3. The molecule has 7 nitrogen and oxygen atoms in total. The number of hydrogen-bond donors (Lipinski definition) is 2. The second-order valence-corrected chi connectivity index (χ2v) is 5.08. The molecule has 21 heavy (non-hydrogen) atoms. The highest BCUT2D eigenvalue weighted by Gasteiger charge is 2.18. The highest BCUT2D eigenvalue weighted by molar-refractivity contribution is 5.32. The normalized spacial score (nSPS) is 16.2. The molecular weight excluding hydrogens is 270 g/mol. The van der Waals surface area contributed by atoms with Crippen molar-refractivity contribution in [3.8, 4) is 5.75 Å². The molecule has 1 aromatic rings. The number of aliphatic hydroxyl groups excluding tert-OH is 1. The molecule has 0 aromatic carbocycles. The molecule has 1 aliphatic rings. The van der Waals surface area contributed by atoms with Crippen LogP contribution < -0.4 is 15.0 Å². The van der Waals surface area contributed by atoms with Gasteiger partial charge in [-0.05, 0) is 7.05 Å². The maximum absolute atomic E-state index is 8.71. The van der Waals surface area contributed by atoms with Crippen molar-refractivity contribution < 1.29 is 9.84 Å². The van der Waals surface area contributed by atoms with E-state index in [2.05, 4.69) is 25.1 Å². The van der Waals surface area contributed by atoms with Crippen LogP contribution in [0.5, 0.6) is 5.75 Å². The first kappa shape index (κ1) is 15.9. The highest BCUT2D eigenvalue weighted by Crippen LogP contribution is 2.14. The summed E-state index contributed by atoms with van der Waals surface area (Å²) in [7, 11) is 1.98. The van der Waals surface area contributed by atoms with Gasteiger partial charge in [0, 0.05) is 52.3 Å². The third-order valence-corrected chi connectivity index (χ3v) is 3.52. The van der Waals surface area contributed by atoms with Crippen molar-refractivity contribution >= 4 is 5.95 Å². The van der Waals surface area contributed by atoms with Gasteiger partial charge in [0.2, 0.25) is 5.95 Å². The first-order valence-electron chi connectivity index (χ1n) is 7.51. The Morgan fingerprint density at radius 2 is 1.95 bits per heavy atom. The topological polar surface area (TPSA) is 73.8 Å². The highest BCUT2D eigenvalue weighted by atomic mass is 16.5. The van der Waals surface area contributed by atoms with E-state index in [1.54, 1.807) is 12.4 Å². The number of nitrogens with one attached hydrogen (secondary N) is 1. The number of aromatic nitrogens is 2. The Balaban J connectivity index is 1.78. The summed E-state index contributed by atoms with van der Waals surface area (Å²) >= 11 is 0. The number of likely N-dealkylation sites (N-methyl/N-ethyl adjacent to an activating group) is 1. The largest absolute Gasteiger partial charge is 0.490 e. The molecule has 1 fully saturated rings. The van der Waals surface area contributed by atoms with E-state index in [1.165, 1.54) is 0 Å². The third-order valence-electron chi connectivity index (χ3n) is 3.52. The second-order valence-electron chi connectivity index (χ2n) is 5.08. The molecule has 1 saturated heterocycles. The van der Waals surface area contributed by atoms with Crippen molar-refractivity contribution in [1.82, 2.24) is 20.2 Å². The Bertz CT molecular complexity index is 393. The Kier molecular flexibility index (Phi) is 6.65. The molecule has 0 unspecified atom stereocenters. The van der Waals surface area contributed by atoms with Gasteiger partial charge in [0.05, 0.1) is 19.0 Å². The van der Waals surface area contributed by atoms with Gasteiger partial charge in [-0.25, -0.2) is 9.97 Å². The minimum absolute atomic E-state index is 0.136. The minimum Gasteiger partial charge on any atom is -0.490 e. The molecule has 7 heteroatoms. The number of nitrogens with zero attached hydrogens (tertiary/aromatic N) is 4. The van der Waals surface area contributed by atoms with Crippen molar-refractivity contribution in [2.75, 3.05) is 64.4 Å². The van der Waals surface area contributed by atoms with Crippen LogP contribution in [0.25, 0.3) is 0 Å². The van der Waals surface area contributed by atoms with Crippen LogP contribution in [0.2, 0.25) is 0 Å². The zero-order valence-corrected chi connectivity index (χ0v) is 12.7. The van der Waals surface area contributed by atoms with Crippen LogP contribution in [0.1, 0.15) is 6.42 Å². The van der Waals surface area contributed by atoms with Gasteiger partial charge in [-0.1, -0.05) is 0 Å². The standard InChI is InChI=1S/C14H25N5O2/c1-15-3-4-18-5-7-19(8-6-18)14-16-11-13(12-17-14)21-10-2-9-20/h11-12,15,20H,2-10H2,1H3. The monoisotopic (exact) mass is 295 g/mol. The molecule has 0 radical (unpaired) electrons. The molecule has 0 bridgehead atoms. The van der Waals surface area contributed by atoms with Crippen molar-refractivity contribution in [2.24, 2.45) is 0 Å². The van der Waals surface area contributed by atoms with Gasteiger partial charge in [-0.15, -0.1) is 0 Å². The average molecular weight is 295 g/mol. The van der Waals surface area contributed by atoms with Gasteiger partial charge in [0.15, 0.2) is 5.75 Å². The zero-order chi connectivity index (χ0) is 14.9. The lowest BCUT2D eigenvalue weighted by Crippen LogP contribution is -2.48. The summed E-state index contributed by atoms with van der Waals surface area (Å²) in [5.74, 6) is 1.41. The van der Waals surface area contributed by atoms with E-state index in [4.69, 9.17) is 9.84 Å². The maximum Gasteiger partial charge on any atom is 0.225 e. The van der Waals surface area contributed by atoms with E-state index in [1.807, 2.05) is 7.05 Å². The third kappa shape index (κ3) is 5.11. The lowest BCUT2D eigenvalue weighted by Gasteiger charge is -2.34. The molecule has 1 aliphatic heterocycles. The average Bonchev–Trinajstić information content (AvgIpc) is 2.54. The predicted molar refractivity (Wildman–Crippen MR) is 81.8 cm³/mol. The van der Waals surface area contributed by atoms with Gasteiger partial charge in [0.25, 0.3) is 0 Å². The summed E-state index contributed by atoms with van der Waals surface area (Å²) in [5, 5.41) is 11.9. The SMILES string of the molecule is CNCCN1CCN(c2ncc(OCCCO)cn2)CC1. The smallest absolute Gasteiger partial charge is 0.225 e. The van der Waals surface area contributed by atoms with E-state index in [0.717, 1.165) is 45.2 Å². The van der Waals surface area contributed by atoms with Crippen LogP contribution in [0.4, 0.5) is 5.95 Å². The Hall–Kier alpha value is -1.44. The lowest BCUT2D eigenvalue weighted by molar-refractivity contribution is 0.232. The lowest BCUT2D eigenvalue weighted by atomic mass is 10.3. The fourth-order valence-electron chi connectivity index (χ4n) is 2.24. The molecule has 118 valence electrons. The van der Waals surface area contributed by atoms with E-state index >= 15 is 0 Å². The summed E-state index contributed by atoms with van der Waals surface area (Å²) in [6.45, 7) is 6.72. The quantitative estimate of drug-likeness (QED) is 0.631. The second kappa shape index (κ2) is 8.76. The van der Waals surface area contributed by atoms with Crippen LogP contribution >= 0.6 is 0 Å². The number of rotatable bonds is 8. The zero-order valence-electron chi connectivity index (χ0n) is 12.7. The Labute approximate surface area is 125 Å². The van der Waals surface area contributed by atoms with E-state index in [-0.39, 0.29) is 6.61 Å². The number of piperazine rings is 1. The molecule has 2 heterocycles. The number of aliphatic hydroxyl groups is 1. The van der Waals surface area contributed by atoms with Crippen molar-refractivity contribution in [3.63, 3.8) is 0 Å². The summed E-state index contributed by atoms with van der Waals surface area (Å²) in [6, 6.07) is 0. The van der Waals surface area contributed by atoms with Crippen LogP contribution in [0.15, 0.2) is 12.4 Å². The molecule has 0 spiro atoms. The van der Waals surface area contributed by atoms with E-state index < -0.39 is 0 Å². The van der Waals surface area contributed by atoms with Crippen LogP contribution in [-0.2, 0) is 0 Å². The predicted octanol–water partition coefficient (Wildman–Crippen LogP) is -0.421. The van der Waals surface area contributed by atoms with Gasteiger partial charge in [0.1, 0.15) is 0 Å². The van der Waals surface area contributed by atoms with Crippen LogP contribution in [-0.4, -0.2) is 79.5 Å². The number of ether oxygens (including phenoxy) is 1. The van der Waals surface area contributed by atoms with Gasteiger partial charge >= 0.3 is 0 Å². The summed E-state index contributed by atoms with van der Waals surface area (Å²) in [6.07, 6.45) is 4.02. The molecule has 0 aliphatic carbocycles.